The number of anilines is 1. The highest BCUT2D eigenvalue weighted by molar-refractivity contribution is 7.98. The fraction of sp³-hybridized carbons (Fsp3) is 0.250. The number of aryl methyl sites for hydroxylation is 1. The summed E-state index contributed by atoms with van der Waals surface area (Å²) in [4.78, 5) is 8.23. The van der Waals surface area contributed by atoms with Crippen molar-refractivity contribution in [2.24, 2.45) is 0 Å². The molecule has 0 atom stereocenters. The Labute approximate surface area is 104 Å². The lowest BCUT2D eigenvalue weighted by atomic mass is 10.4. The second-order valence-electron chi connectivity index (χ2n) is 3.45. The molecule has 1 N–H and O–H groups in total. The molecule has 2 heterocycles. The molecule has 16 heavy (non-hydrogen) atoms. The quantitative estimate of drug-likeness (QED) is 0.836. The van der Waals surface area contributed by atoms with Crippen molar-refractivity contribution in [1.82, 2.24) is 4.98 Å². The van der Waals surface area contributed by atoms with E-state index in [2.05, 4.69) is 41.7 Å². The van der Waals surface area contributed by atoms with E-state index in [-0.39, 0.29) is 0 Å². The summed E-state index contributed by atoms with van der Waals surface area (Å²) in [7, 11) is 0. The molecule has 0 radical (unpaired) electrons. The summed E-state index contributed by atoms with van der Waals surface area (Å²) in [6.45, 7) is 2.98. The van der Waals surface area contributed by atoms with Gasteiger partial charge in [-0.1, -0.05) is 0 Å². The number of aromatic nitrogens is 1. The molecule has 0 aromatic carbocycles. The zero-order valence-electron chi connectivity index (χ0n) is 9.36. The molecule has 0 amide bonds. The molecule has 0 unspecified atom stereocenters. The number of thioether (sulfide) groups is 1. The van der Waals surface area contributed by atoms with Gasteiger partial charge < -0.3 is 5.32 Å². The largest absolute Gasteiger partial charge is 0.365 e. The van der Waals surface area contributed by atoms with Gasteiger partial charge in [0.2, 0.25) is 0 Å². The summed E-state index contributed by atoms with van der Waals surface area (Å²) in [5.74, 6) is 0.934. The van der Waals surface area contributed by atoms with E-state index < -0.39 is 0 Å². The molecule has 2 nitrogen and oxygen atoms in total. The van der Waals surface area contributed by atoms with Gasteiger partial charge in [0.25, 0.3) is 0 Å². The van der Waals surface area contributed by atoms with Crippen molar-refractivity contribution in [3.63, 3.8) is 0 Å². The Balaban J connectivity index is 1.94. The molecule has 0 aliphatic heterocycles. The third-order valence-electron chi connectivity index (χ3n) is 2.21. The average Bonchev–Trinajstić information content (AvgIpc) is 2.73. The van der Waals surface area contributed by atoms with Gasteiger partial charge in [0, 0.05) is 20.8 Å². The molecule has 0 fully saturated rings. The van der Waals surface area contributed by atoms with E-state index in [9.17, 15) is 0 Å². The van der Waals surface area contributed by atoms with Crippen molar-refractivity contribution in [2.45, 2.75) is 18.4 Å². The Hall–Kier alpha value is -1.00. The lowest BCUT2D eigenvalue weighted by Crippen LogP contribution is -1.99. The zero-order chi connectivity index (χ0) is 11.4. The fourth-order valence-corrected chi connectivity index (χ4v) is 2.56. The molecule has 0 bridgehead atoms. The van der Waals surface area contributed by atoms with Gasteiger partial charge in [0.1, 0.15) is 5.82 Å². The zero-order valence-corrected chi connectivity index (χ0v) is 11.0. The Morgan fingerprint density at radius 1 is 1.31 bits per heavy atom. The molecule has 0 saturated heterocycles. The molecule has 84 valence electrons. The highest BCUT2D eigenvalue weighted by Gasteiger charge is 1.98. The van der Waals surface area contributed by atoms with Gasteiger partial charge in [-0.15, -0.1) is 23.1 Å². The molecule has 0 saturated carbocycles. The first-order valence-corrected chi connectivity index (χ1v) is 7.11. The number of rotatable bonds is 4. The second-order valence-corrected chi connectivity index (χ2v) is 5.70. The number of thiophene rings is 1. The predicted molar refractivity (Wildman–Crippen MR) is 72.4 cm³/mol. The number of nitrogens with one attached hydrogen (secondary N) is 1. The van der Waals surface area contributed by atoms with Crippen molar-refractivity contribution < 1.29 is 0 Å². The van der Waals surface area contributed by atoms with Gasteiger partial charge in [0.15, 0.2) is 0 Å². The molecule has 0 spiro atoms. The van der Waals surface area contributed by atoms with Crippen LogP contribution in [0, 0.1) is 6.92 Å². The summed E-state index contributed by atoms with van der Waals surface area (Å²) in [6, 6.07) is 8.40. The summed E-state index contributed by atoms with van der Waals surface area (Å²) in [5, 5.41) is 3.32. The van der Waals surface area contributed by atoms with Crippen molar-refractivity contribution >= 4 is 28.9 Å². The lowest BCUT2D eigenvalue weighted by Gasteiger charge is -2.04. The van der Waals surface area contributed by atoms with Gasteiger partial charge in [-0.25, -0.2) is 4.98 Å². The molecular weight excluding hydrogens is 236 g/mol. The minimum absolute atomic E-state index is 0.851. The number of hydrogen-bond acceptors (Lipinski definition) is 4. The highest BCUT2D eigenvalue weighted by Crippen LogP contribution is 2.18. The van der Waals surface area contributed by atoms with Gasteiger partial charge in [-0.05, 0) is 37.4 Å². The first kappa shape index (κ1) is 11.5. The van der Waals surface area contributed by atoms with E-state index >= 15 is 0 Å². The smallest absolute Gasteiger partial charge is 0.126 e. The lowest BCUT2D eigenvalue weighted by molar-refractivity contribution is 1.12. The first-order valence-electron chi connectivity index (χ1n) is 5.07. The van der Waals surface area contributed by atoms with Crippen LogP contribution in [0.15, 0.2) is 35.4 Å². The van der Waals surface area contributed by atoms with Gasteiger partial charge >= 0.3 is 0 Å². The predicted octanol–water partition coefficient (Wildman–Crippen LogP) is 3.79. The van der Waals surface area contributed by atoms with Crippen molar-refractivity contribution in [2.75, 3.05) is 11.6 Å². The van der Waals surface area contributed by atoms with Crippen molar-refractivity contribution in [3.05, 3.63) is 40.2 Å². The molecular formula is C12H14N2S2. The Morgan fingerprint density at radius 3 is 2.75 bits per heavy atom. The average molecular weight is 250 g/mol. The van der Waals surface area contributed by atoms with E-state index in [0.717, 1.165) is 12.4 Å². The minimum atomic E-state index is 0.851. The fourth-order valence-electron chi connectivity index (χ4n) is 1.36. The third kappa shape index (κ3) is 3.00. The topological polar surface area (TPSA) is 24.9 Å². The summed E-state index contributed by atoms with van der Waals surface area (Å²) < 4.78 is 0. The normalized spacial score (nSPS) is 10.4. The maximum absolute atomic E-state index is 4.34. The van der Waals surface area contributed by atoms with Crippen molar-refractivity contribution in [1.29, 1.82) is 0 Å². The van der Waals surface area contributed by atoms with Crippen LogP contribution in [0.4, 0.5) is 5.82 Å². The standard InChI is InChI=1S/C12H14N2S2/c1-9-3-4-11(16-9)8-14-12-6-5-10(15-2)7-13-12/h3-7H,8H2,1-2H3,(H,13,14). The number of hydrogen-bond donors (Lipinski definition) is 1. The molecule has 0 aliphatic carbocycles. The summed E-state index contributed by atoms with van der Waals surface area (Å²) >= 11 is 3.53. The molecule has 0 aliphatic rings. The van der Waals surface area contributed by atoms with E-state index in [0.29, 0.717) is 0 Å². The summed E-state index contributed by atoms with van der Waals surface area (Å²) in [5.41, 5.74) is 0. The van der Waals surface area contributed by atoms with Crippen LogP contribution in [0.3, 0.4) is 0 Å². The van der Waals surface area contributed by atoms with Crippen LogP contribution in [-0.2, 0) is 6.54 Å². The van der Waals surface area contributed by atoms with Crippen LogP contribution in [0.25, 0.3) is 0 Å². The second kappa shape index (κ2) is 5.37. The molecule has 2 rings (SSSR count). The van der Waals surface area contributed by atoms with Gasteiger partial charge in [-0.2, -0.15) is 0 Å². The van der Waals surface area contributed by atoms with Crippen LogP contribution >= 0.6 is 23.1 Å². The Bertz CT molecular complexity index is 448. The van der Waals surface area contributed by atoms with E-state index in [1.807, 2.05) is 23.6 Å². The van der Waals surface area contributed by atoms with E-state index in [4.69, 9.17) is 0 Å². The Morgan fingerprint density at radius 2 is 2.19 bits per heavy atom. The highest BCUT2D eigenvalue weighted by atomic mass is 32.2. The van der Waals surface area contributed by atoms with Crippen LogP contribution in [0.2, 0.25) is 0 Å². The monoisotopic (exact) mass is 250 g/mol. The molecule has 4 heteroatoms. The SMILES string of the molecule is CSc1ccc(NCc2ccc(C)s2)nc1. The van der Waals surface area contributed by atoms with E-state index in [1.54, 1.807) is 11.8 Å². The van der Waals surface area contributed by atoms with Gasteiger partial charge in [-0.3, -0.25) is 0 Å². The summed E-state index contributed by atoms with van der Waals surface area (Å²) in [6.07, 6.45) is 3.95. The Kier molecular flexibility index (Phi) is 3.85. The third-order valence-corrected chi connectivity index (χ3v) is 3.93. The van der Waals surface area contributed by atoms with Crippen LogP contribution in [0.1, 0.15) is 9.75 Å². The minimum Gasteiger partial charge on any atom is -0.365 e. The maximum atomic E-state index is 4.34. The van der Waals surface area contributed by atoms with Crippen LogP contribution < -0.4 is 5.32 Å². The van der Waals surface area contributed by atoms with Crippen LogP contribution in [0.5, 0.6) is 0 Å². The van der Waals surface area contributed by atoms with Crippen LogP contribution in [-0.4, -0.2) is 11.2 Å². The van der Waals surface area contributed by atoms with Crippen molar-refractivity contribution in [3.8, 4) is 0 Å². The number of nitrogens with zero attached hydrogens (tertiary/aromatic N) is 1. The first-order chi connectivity index (χ1) is 7.78. The molecule has 2 aromatic rings. The van der Waals surface area contributed by atoms with E-state index in [1.165, 1.54) is 14.6 Å². The van der Waals surface area contributed by atoms with Gasteiger partial charge in [0.05, 0.1) is 6.54 Å². The number of pyridine rings is 1. The molecule has 2 aromatic heterocycles. The maximum Gasteiger partial charge on any atom is 0.126 e.